The van der Waals surface area contributed by atoms with Crippen LogP contribution in [0.25, 0.3) is 10.9 Å². The maximum Gasteiger partial charge on any atom is 0.494 e. The van der Waals surface area contributed by atoms with Gasteiger partial charge in [-0.15, -0.1) is 0 Å². The van der Waals surface area contributed by atoms with Crippen LogP contribution in [0.3, 0.4) is 0 Å². The van der Waals surface area contributed by atoms with Crippen LogP contribution < -0.4 is 5.46 Å². The molecule has 0 amide bonds. The SMILES string of the molecule is CC1(C)OB(c2ccc3c(Cl)n(Cc4ccccc4)nc3c2)OC1(C)C. The van der Waals surface area contributed by atoms with E-state index in [1.165, 1.54) is 0 Å². The van der Waals surface area contributed by atoms with Crippen molar-refractivity contribution in [2.24, 2.45) is 0 Å². The van der Waals surface area contributed by atoms with Crippen LogP contribution in [0.4, 0.5) is 0 Å². The molecule has 1 fully saturated rings. The first-order valence-corrected chi connectivity index (χ1v) is 9.20. The topological polar surface area (TPSA) is 36.3 Å². The van der Waals surface area contributed by atoms with Gasteiger partial charge in [0.2, 0.25) is 0 Å². The van der Waals surface area contributed by atoms with Crippen LogP contribution in [0.5, 0.6) is 0 Å². The Balaban J connectivity index is 1.66. The number of nitrogens with zero attached hydrogens (tertiary/aromatic N) is 2. The van der Waals surface area contributed by atoms with Crippen molar-refractivity contribution in [3.8, 4) is 0 Å². The molecule has 134 valence electrons. The molecule has 0 atom stereocenters. The Bertz CT molecular complexity index is 937. The van der Waals surface area contributed by atoms with Crippen LogP contribution >= 0.6 is 11.6 Å². The first kappa shape index (κ1) is 17.6. The summed E-state index contributed by atoms with van der Waals surface area (Å²) < 4.78 is 14.1. The summed E-state index contributed by atoms with van der Waals surface area (Å²) in [6.07, 6.45) is 0. The highest BCUT2D eigenvalue weighted by atomic mass is 35.5. The van der Waals surface area contributed by atoms with E-state index in [9.17, 15) is 0 Å². The molecule has 26 heavy (non-hydrogen) atoms. The van der Waals surface area contributed by atoms with Crippen molar-refractivity contribution in [3.05, 3.63) is 59.2 Å². The largest absolute Gasteiger partial charge is 0.494 e. The summed E-state index contributed by atoms with van der Waals surface area (Å²) >= 11 is 6.55. The maximum absolute atomic E-state index is 6.55. The van der Waals surface area contributed by atoms with Gasteiger partial charge in [0.25, 0.3) is 0 Å². The second-order valence-corrected chi connectivity index (χ2v) is 8.16. The minimum absolute atomic E-state index is 0.364. The summed E-state index contributed by atoms with van der Waals surface area (Å²) in [5.74, 6) is 0. The Morgan fingerprint density at radius 3 is 2.31 bits per heavy atom. The van der Waals surface area contributed by atoms with Gasteiger partial charge in [0.1, 0.15) is 5.15 Å². The summed E-state index contributed by atoms with van der Waals surface area (Å²) in [5.41, 5.74) is 2.23. The lowest BCUT2D eigenvalue weighted by molar-refractivity contribution is 0.00578. The smallest absolute Gasteiger partial charge is 0.399 e. The highest BCUT2D eigenvalue weighted by molar-refractivity contribution is 6.62. The van der Waals surface area contributed by atoms with E-state index in [1.54, 1.807) is 0 Å². The van der Waals surface area contributed by atoms with E-state index in [0.29, 0.717) is 11.7 Å². The first-order chi connectivity index (χ1) is 12.3. The quantitative estimate of drug-likeness (QED) is 0.655. The lowest BCUT2D eigenvalue weighted by Gasteiger charge is -2.32. The molecule has 2 heterocycles. The summed E-state index contributed by atoms with van der Waals surface area (Å²) in [6.45, 7) is 8.85. The molecule has 3 aromatic rings. The predicted molar refractivity (Wildman–Crippen MR) is 106 cm³/mol. The predicted octanol–water partition coefficient (Wildman–Crippen LogP) is 4.04. The molecule has 0 unspecified atom stereocenters. The third-order valence-electron chi connectivity index (χ3n) is 5.40. The van der Waals surface area contributed by atoms with E-state index < -0.39 is 7.12 Å². The molecular formula is C20H22BClN2O2. The lowest BCUT2D eigenvalue weighted by Crippen LogP contribution is -2.41. The molecule has 4 rings (SSSR count). The normalized spacial score (nSPS) is 18.6. The Morgan fingerprint density at radius 2 is 1.65 bits per heavy atom. The van der Waals surface area contributed by atoms with Gasteiger partial charge in [-0.05, 0) is 50.9 Å². The molecule has 0 saturated carbocycles. The number of halogens is 1. The van der Waals surface area contributed by atoms with Crippen molar-refractivity contribution in [1.29, 1.82) is 0 Å². The second-order valence-electron chi connectivity index (χ2n) is 7.80. The molecule has 1 saturated heterocycles. The molecule has 0 radical (unpaired) electrons. The Hall–Kier alpha value is -1.82. The number of hydrogen-bond acceptors (Lipinski definition) is 3. The van der Waals surface area contributed by atoms with Crippen molar-refractivity contribution in [1.82, 2.24) is 9.78 Å². The molecule has 0 bridgehead atoms. The molecule has 0 spiro atoms. The van der Waals surface area contributed by atoms with Gasteiger partial charge in [-0.25, -0.2) is 4.68 Å². The summed E-state index contributed by atoms with van der Waals surface area (Å²) in [4.78, 5) is 0. The third kappa shape index (κ3) is 2.94. The Labute approximate surface area is 159 Å². The third-order valence-corrected chi connectivity index (χ3v) is 5.80. The zero-order valence-corrected chi connectivity index (χ0v) is 16.2. The van der Waals surface area contributed by atoms with Gasteiger partial charge in [-0.1, -0.05) is 48.0 Å². The number of fused-ring (bicyclic) bond motifs is 1. The minimum Gasteiger partial charge on any atom is -0.399 e. The molecule has 1 aliphatic heterocycles. The Morgan fingerprint density at radius 1 is 1.00 bits per heavy atom. The average molecular weight is 369 g/mol. The van der Waals surface area contributed by atoms with Crippen molar-refractivity contribution in [2.75, 3.05) is 0 Å². The number of benzene rings is 2. The maximum atomic E-state index is 6.55. The molecule has 0 aliphatic carbocycles. The van der Waals surface area contributed by atoms with Crippen LogP contribution in [0.2, 0.25) is 5.15 Å². The van der Waals surface area contributed by atoms with Crippen LogP contribution in [0.1, 0.15) is 33.3 Å². The van der Waals surface area contributed by atoms with Crippen molar-refractivity contribution in [3.63, 3.8) is 0 Å². The van der Waals surface area contributed by atoms with Crippen LogP contribution in [0.15, 0.2) is 48.5 Å². The summed E-state index contributed by atoms with van der Waals surface area (Å²) in [5, 5.41) is 6.26. The number of aromatic nitrogens is 2. The van der Waals surface area contributed by atoms with Gasteiger partial charge < -0.3 is 9.31 Å². The van der Waals surface area contributed by atoms with Crippen LogP contribution in [-0.2, 0) is 15.9 Å². The minimum atomic E-state index is -0.401. The molecule has 1 aliphatic rings. The van der Waals surface area contributed by atoms with Crippen molar-refractivity contribution >= 4 is 35.1 Å². The van der Waals surface area contributed by atoms with Crippen molar-refractivity contribution < 1.29 is 9.31 Å². The van der Waals surface area contributed by atoms with Gasteiger partial charge in [0.15, 0.2) is 0 Å². The van der Waals surface area contributed by atoms with E-state index in [-0.39, 0.29) is 11.2 Å². The highest BCUT2D eigenvalue weighted by Crippen LogP contribution is 2.36. The molecule has 0 N–H and O–H groups in total. The van der Waals surface area contributed by atoms with E-state index in [2.05, 4.69) is 44.9 Å². The fourth-order valence-electron chi connectivity index (χ4n) is 3.11. The summed E-state index contributed by atoms with van der Waals surface area (Å²) in [7, 11) is -0.401. The monoisotopic (exact) mass is 368 g/mol. The lowest BCUT2D eigenvalue weighted by atomic mass is 9.79. The van der Waals surface area contributed by atoms with Gasteiger partial charge >= 0.3 is 7.12 Å². The van der Waals surface area contributed by atoms with Gasteiger partial charge in [0, 0.05) is 5.39 Å². The standard InChI is InChI=1S/C20H22BClN2O2/c1-19(2)20(3,4)26-21(25-19)15-10-11-16-17(12-15)23-24(18(16)22)13-14-8-6-5-7-9-14/h5-12H,13H2,1-4H3. The molecule has 6 heteroatoms. The molecule has 4 nitrogen and oxygen atoms in total. The number of rotatable bonds is 3. The fraction of sp³-hybridized carbons (Fsp3) is 0.350. The fourth-order valence-corrected chi connectivity index (χ4v) is 3.36. The Kier molecular flexibility index (Phi) is 4.14. The van der Waals surface area contributed by atoms with E-state index in [1.807, 2.05) is 41.1 Å². The first-order valence-electron chi connectivity index (χ1n) is 8.82. The zero-order chi connectivity index (χ0) is 18.5. The van der Waals surface area contributed by atoms with Crippen molar-refractivity contribution in [2.45, 2.75) is 45.4 Å². The highest BCUT2D eigenvalue weighted by Gasteiger charge is 2.51. The van der Waals surface area contributed by atoms with E-state index in [4.69, 9.17) is 20.9 Å². The van der Waals surface area contributed by atoms with Crippen LogP contribution in [0, 0.1) is 0 Å². The van der Waals surface area contributed by atoms with Crippen LogP contribution in [-0.4, -0.2) is 28.1 Å². The molecular weight excluding hydrogens is 346 g/mol. The van der Waals surface area contributed by atoms with E-state index >= 15 is 0 Å². The summed E-state index contributed by atoms with van der Waals surface area (Å²) in [6, 6.07) is 16.2. The molecule has 2 aromatic carbocycles. The second kappa shape index (κ2) is 6.12. The number of hydrogen-bond donors (Lipinski definition) is 0. The van der Waals surface area contributed by atoms with Gasteiger partial charge in [-0.3, -0.25) is 0 Å². The zero-order valence-electron chi connectivity index (χ0n) is 15.5. The molecule has 1 aromatic heterocycles. The van der Waals surface area contributed by atoms with E-state index in [0.717, 1.165) is 21.9 Å². The average Bonchev–Trinajstić information content (AvgIpc) is 3.01. The van der Waals surface area contributed by atoms with Gasteiger partial charge in [0.05, 0.1) is 23.3 Å². The van der Waals surface area contributed by atoms with Gasteiger partial charge in [-0.2, -0.15) is 5.10 Å².